The van der Waals surface area contributed by atoms with Crippen molar-refractivity contribution >= 4 is 32.8 Å². The van der Waals surface area contributed by atoms with Gasteiger partial charge in [0.1, 0.15) is 5.69 Å². The Morgan fingerprint density at radius 2 is 1.65 bits per heavy atom. The van der Waals surface area contributed by atoms with Crippen molar-refractivity contribution in [3.05, 3.63) is 42.5 Å². The number of hydrogen-bond acceptors (Lipinski definition) is 6. The summed E-state index contributed by atoms with van der Waals surface area (Å²) >= 11 is 0. The summed E-state index contributed by atoms with van der Waals surface area (Å²) in [5.41, 5.74) is 13.4. The minimum atomic E-state index is -3.51. The molecule has 0 aliphatic carbocycles. The molecule has 122 valence electrons. The minimum absolute atomic E-state index is 0.173. The maximum Gasteiger partial charge on any atom is 0.240 e. The van der Waals surface area contributed by atoms with E-state index in [4.69, 9.17) is 11.5 Å². The number of nitrogens with zero attached hydrogens (tertiary/aromatic N) is 2. The molecule has 2 aromatic rings. The van der Waals surface area contributed by atoms with Gasteiger partial charge in [-0.2, -0.15) is 5.11 Å². The minimum Gasteiger partial charge on any atom is -0.399 e. The Morgan fingerprint density at radius 3 is 2.22 bits per heavy atom. The first-order chi connectivity index (χ1) is 10.8. The van der Waals surface area contributed by atoms with Crippen LogP contribution in [0.3, 0.4) is 0 Å². The summed E-state index contributed by atoms with van der Waals surface area (Å²) in [6.45, 7) is 3.52. The SMILES string of the molecule is CC(C)NS(=O)(=O)c1ccc(N=Nc2ccc(N)cc2N)cc1. The highest BCUT2D eigenvalue weighted by Crippen LogP contribution is 2.26. The molecule has 23 heavy (non-hydrogen) atoms. The molecule has 0 unspecified atom stereocenters. The van der Waals surface area contributed by atoms with Crippen LogP contribution in [-0.2, 0) is 10.0 Å². The van der Waals surface area contributed by atoms with Gasteiger partial charge in [0.2, 0.25) is 10.0 Å². The van der Waals surface area contributed by atoms with Gasteiger partial charge >= 0.3 is 0 Å². The van der Waals surface area contributed by atoms with Crippen LogP contribution in [0.2, 0.25) is 0 Å². The van der Waals surface area contributed by atoms with Crippen LogP contribution in [0.1, 0.15) is 13.8 Å². The van der Waals surface area contributed by atoms with E-state index < -0.39 is 10.0 Å². The van der Waals surface area contributed by atoms with Gasteiger partial charge in [0, 0.05) is 11.7 Å². The molecule has 0 amide bonds. The van der Waals surface area contributed by atoms with Gasteiger partial charge in [0.15, 0.2) is 0 Å². The van der Waals surface area contributed by atoms with Gasteiger partial charge in [-0.05, 0) is 56.3 Å². The van der Waals surface area contributed by atoms with Crippen molar-refractivity contribution in [3.63, 3.8) is 0 Å². The maximum atomic E-state index is 12.0. The van der Waals surface area contributed by atoms with Crippen LogP contribution in [0.25, 0.3) is 0 Å². The number of azo groups is 1. The van der Waals surface area contributed by atoms with Crippen molar-refractivity contribution < 1.29 is 8.42 Å². The molecule has 0 aromatic heterocycles. The van der Waals surface area contributed by atoms with Gasteiger partial charge in [-0.25, -0.2) is 13.1 Å². The van der Waals surface area contributed by atoms with Gasteiger partial charge in [-0.3, -0.25) is 0 Å². The zero-order chi connectivity index (χ0) is 17.0. The number of anilines is 2. The van der Waals surface area contributed by atoms with Gasteiger partial charge < -0.3 is 11.5 Å². The van der Waals surface area contributed by atoms with E-state index >= 15 is 0 Å². The topological polar surface area (TPSA) is 123 Å². The largest absolute Gasteiger partial charge is 0.399 e. The maximum absolute atomic E-state index is 12.0. The van der Waals surface area contributed by atoms with Crippen LogP contribution in [0.5, 0.6) is 0 Å². The Labute approximate surface area is 135 Å². The Bertz CT molecular complexity index is 814. The number of benzene rings is 2. The standard InChI is InChI=1S/C15H19N5O2S/c1-10(2)20-23(21,22)13-6-4-12(5-7-13)18-19-15-8-3-11(16)9-14(15)17/h3-10,20H,16-17H2,1-2H3. The highest BCUT2D eigenvalue weighted by Gasteiger charge is 2.14. The molecule has 5 N–H and O–H groups in total. The quantitative estimate of drug-likeness (QED) is 0.575. The third kappa shape index (κ3) is 4.51. The van der Waals surface area contributed by atoms with E-state index in [1.165, 1.54) is 12.1 Å². The second-order valence-corrected chi connectivity index (χ2v) is 7.00. The van der Waals surface area contributed by atoms with Crippen LogP contribution in [0.4, 0.5) is 22.7 Å². The molecular formula is C15H19N5O2S. The van der Waals surface area contributed by atoms with Crippen LogP contribution < -0.4 is 16.2 Å². The normalized spacial score (nSPS) is 12.1. The van der Waals surface area contributed by atoms with Crippen LogP contribution in [0.15, 0.2) is 57.6 Å². The second kappa shape index (κ2) is 6.76. The average Bonchev–Trinajstić information content (AvgIpc) is 2.45. The van der Waals surface area contributed by atoms with E-state index in [1.807, 2.05) is 0 Å². The number of rotatable bonds is 5. The van der Waals surface area contributed by atoms with Gasteiger partial charge in [-0.1, -0.05) is 0 Å². The molecule has 0 aliphatic heterocycles. The summed E-state index contributed by atoms with van der Waals surface area (Å²) in [6.07, 6.45) is 0. The molecule has 0 atom stereocenters. The Hall–Kier alpha value is -2.45. The Kier molecular flexibility index (Phi) is 4.97. The molecule has 0 saturated carbocycles. The third-order valence-electron chi connectivity index (χ3n) is 2.86. The van der Waals surface area contributed by atoms with Crippen LogP contribution >= 0.6 is 0 Å². The molecule has 8 heteroatoms. The Morgan fingerprint density at radius 1 is 1.00 bits per heavy atom. The third-order valence-corrected chi connectivity index (χ3v) is 4.54. The molecule has 0 heterocycles. The molecular weight excluding hydrogens is 314 g/mol. The fraction of sp³-hybridized carbons (Fsp3) is 0.200. The van der Waals surface area contributed by atoms with E-state index in [-0.39, 0.29) is 10.9 Å². The predicted octanol–water partition coefficient (Wildman–Crippen LogP) is 2.95. The van der Waals surface area contributed by atoms with E-state index in [2.05, 4.69) is 15.0 Å². The second-order valence-electron chi connectivity index (χ2n) is 5.29. The molecule has 0 spiro atoms. The Balaban J connectivity index is 2.18. The smallest absolute Gasteiger partial charge is 0.240 e. The van der Waals surface area contributed by atoms with Crippen LogP contribution in [-0.4, -0.2) is 14.5 Å². The van der Waals surface area contributed by atoms with Crippen molar-refractivity contribution in [1.29, 1.82) is 0 Å². The van der Waals surface area contributed by atoms with E-state index in [0.717, 1.165) is 0 Å². The first-order valence-electron chi connectivity index (χ1n) is 6.97. The van der Waals surface area contributed by atoms with E-state index in [1.54, 1.807) is 44.2 Å². The first-order valence-corrected chi connectivity index (χ1v) is 8.45. The lowest BCUT2D eigenvalue weighted by molar-refractivity contribution is 0.570. The van der Waals surface area contributed by atoms with Gasteiger partial charge in [0.25, 0.3) is 0 Å². The fourth-order valence-electron chi connectivity index (χ4n) is 1.85. The molecule has 2 rings (SSSR count). The van der Waals surface area contributed by atoms with E-state index in [0.29, 0.717) is 22.7 Å². The van der Waals surface area contributed by atoms with Crippen molar-refractivity contribution in [1.82, 2.24) is 4.72 Å². The summed E-state index contributed by atoms with van der Waals surface area (Å²) in [7, 11) is -3.51. The molecule has 0 fully saturated rings. The van der Waals surface area contributed by atoms with Crippen molar-refractivity contribution in [2.75, 3.05) is 11.5 Å². The van der Waals surface area contributed by atoms with Crippen molar-refractivity contribution in [3.8, 4) is 0 Å². The summed E-state index contributed by atoms with van der Waals surface area (Å²) in [6, 6.07) is 10.9. The zero-order valence-electron chi connectivity index (χ0n) is 12.9. The average molecular weight is 333 g/mol. The molecule has 0 saturated heterocycles. The van der Waals surface area contributed by atoms with Gasteiger partial charge in [-0.15, -0.1) is 5.11 Å². The van der Waals surface area contributed by atoms with Gasteiger partial charge in [0.05, 0.1) is 16.3 Å². The first kappa shape index (κ1) is 16.9. The molecule has 2 aromatic carbocycles. The van der Waals surface area contributed by atoms with E-state index in [9.17, 15) is 8.42 Å². The zero-order valence-corrected chi connectivity index (χ0v) is 13.7. The number of nitrogens with one attached hydrogen (secondary N) is 1. The lowest BCUT2D eigenvalue weighted by atomic mass is 10.2. The lowest BCUT2D eigenvalue weighted by Gasteiger charge is -2.09. The summed E-state index contributed by atoms with van der Waals surface area (Å²) in [5.74, 6) is 0. The highest BCUT2D eigenvalue weighted by atomic mass is 32.2. The molecule has 7 nitrogen and oxygen atoms in total. The summed E-state index contributed by atoms with van der Waals surface area (Å²) in [5, 5.41) is 8.08. The molecule has 0 bridgehead atoms. The number of nitrogen functional groups attached to an aromatic ring is 2. The monoisotopic (exact) mass is 333 g/mol. The number of sulfonamides is 1. The number of nitrogens with two attached hydrogens (primary N) is 2. The van der Waals surface area contributed by atoms with Crippen LogP contribution in [0, 0.1) is 0 Å². The fourth-order valence-corrected chi connectivity index (χ4v) is 3.10. The molecule has 0 radical (unpaired) electrons. The lowest BCUT2D eigenvalue weighted by Crippen LogP contribution is -2.30. The predicted molar refractivity (Wildman–Crippen MR) is 91.3 cm³/mol. The summed E-state index contributed by atoms with van der Waals surface area (Å²) in [4.78, 5) is 0.178. The number of hydrogen-bond donors (Lipinski definition) is 3. The summed E-state index contributed by atoms with van der Waals surface area (Å²) < 4.78 is 26.5. The molecule has 0 aliphatic rings. The van der Waals surface area contributed by atoms with Crippen molar-refractivity contribution in [2.24, 2.45) is 10.2 Å². The highest BCUT2D eigenvalue weighted by molar-refractivity contribution is 7.89. The van der Waals surface area contributed by atoms with Crippen molar-refractivity contribution in [2.45, 2.75) is 24.8 Å².